The van der Waals surface area contributed by atoms with Gasteiger partial charge in [-0.15, -0.1) is 0 Å². The smallest absolute Gasteiger partial charge is 0.462 e. The van der Waals surface area contributed by atoms with E-state index in [1.54, 1.807) is 12.2 Å². The largest absolute Gasteiger partial charge is 0.472 e. The third-order valence-corrected chi connectivity index (χ3v) is 12.3. The highest BCUT2D eigenvalue weighted by molar-refractivity contribution is 7.47. The Morgan fingerprint density at radius 3 is 1.79 bits per heavy atom. The van der Waals surface area contributed by atoms with E-state index in [4.69, 9.17) is 23.8 Å². The van der Waals surface area contributed by atoms with Crippen molar-refractivity contribution in [3.8, 4) is 0 Å². The molecule has 1 aliphatic rings. The van der Waals surface area contributed by atoms with Crippen LogP contribution in [0.5, 0.6) is 0 Å². The quantitative estimate of drug-likeness (QED) is 0.0131. The van der Waals surface area contributed by atoms with Gasteiger partial charge in [0.25, 0.3) is 0 Å². The number of ether oxygens (including phenoxy) is 2. The van der Waals surface area contributed by atoms with Gasteiger partial charge in [-0.1, -0.05) is 113 Å². The third kappa shape index (κ3) is 35.2. The Hall–Kier alpha value is -2.63. The molecule has 386 valence electrons. The summed E-state index contributed by atoms with van der Waals surface area (Å²) in [6.07, 6.45) is 29.8. The molecular weight excluding hydrogens is 910 g/mol. The molecule has 8 atom stereocenters. The highest BCUT2D eigenvalue weighted by Gasteiger charge is 2.41. The molecule has 1 fully saturated rings. The molecule has 17 nitrogen and oxygen atoms in total. The van der Waals surface area contributed by atoms with E-state index >= 15 is 0 Å². The zero-order valence-corrected chi connectivity index (χ0v) is 41.6. The molecule has 1 aliphatic carbocycles. The lowest BCUT2D eigenvalue weighted by atomic mass is 9.87. The molecular formula is C48H82O17P2. The molecule has 7 N–H and O–H groups in total. The van der Waals surface area contributed by atoms with Crippen LogP contribution in [0.2, 0.25) is 0 Å². The standard InChI is InChI=1S/C48H82O17P2/c1-3-5-7-8-9-10-11-12-13-14-15-16-17-18-19-20-21-22-24-29-47(54)61-37-42(38-64-67(59,60)63-36-41(51)35-62-66(56,57)58)65-48(55)30-26-25-28-40(50)33-44-43(45(52)34-46(44)53)32-31-39(49)27-23-6-4-2/h9-10,12-13,15-16,18-19,31-32,39,41-46,49,51-53H,3-8,11,14,17,20-30,33-38H2,1-2H3,(H,59,60)(H2,56,57,58)/b10-9-,13-12-,16-15-,19-18-,32-31+/t39-,41-,42+,43+,44+,45+,46-/m0/s1. The van der Waals surface area contributed by atoms with Gasteiger partial charge in [0.1, 0.15) is 18.5 Å². The maximum Gasteiger partial charge on any atom is 0.472 e. The van der Waals surface area contributed by atoms with Crippen LogP contribution in [0, 0.1) is 11.8 Å². The summed E-state index contributed by atoms with van der Waals surface area (Å²) in [6.45, 7) is 1.16. The number of carbonyl (C=O) groups excluding carboxylic acids is 3. The molecule has 0 aliphatic heterocycles. The van der Waals surface area contributed by atoms with Gasteiger partial charge in [-0.25, -0.2) is 9.13 Å². The minimum Gasteiger partial charge on any atom is -0.462 e. The third-order valence-electron chi connectivity index (χ3n) is 10.9. The molecule has 0 aromatic rings. The lowest BCUT2D eigenvalue weighted by Gasteiger charge is -2.21. The minimum absolute atomic E-state index is 0.0107. The Kier molecular flexibility index (Phi) is 35.5. The summed E-state index contributed by atoms with van der Waals surface area (Å²) in [6, 6.07) is 0. The fraction of sp³-hybridized carbons (Fsp3) is 0.729. The van der Waals surface area contributed by atoms with Gasteiger partial charge in [0.15, 0.2) is 6.10 Å². The van der Waals surface area contributed by atoms with E-state index < -0.39 is 96.4 Å². The van der Waals surface area contributed by atoms with Gasteiger partial charge >= 0.3 is 27.6 Å². The van der Waals surface area contributed by atoms with Crippen molar-refractivity contribution in [1.82, 2.24) is 0 Å². The maximum absolute atomic E-state index is 12.9. The second kappa shape index (κ2) is 38.2. The SMILES string of the molecule is CCCCC/C=C\C/C=C\C/C=C\C/C=C\CCCCCC(=O)OC[C@H](COP(=O)(O)OC[C@@H](O)COP(=O)(O)O)OC(=O)CCCCC(=O)C[C@@H]1[C@@H](/C=C/[C@@H](O)CCCCC)[C@H](O)C[C@@H]1O. The Morgan fingerprint density at radius 2 is 1.16 bits per heavy atom. The van der Waals surface area contributed by atoms with Crippen molar-refractivity contribution in [2.24, 2.45) is 11.8 Å². The van der Waals surface area contributed by atoms with Gasteiger partial charge in [-0.2, -0.15) is 0 Å². The molecule has 0 aromatic carbocycles. The fourth-order valence-electron chi connectivity index (χ4n) is 7.09. The van der Waals surface area contributed by atoms with Crippen molar-refractivity contribution < 1.29 is 81.7 Å². The second-order valence-corrected chi connectivity index (χ2v) is 19.7. The number of aliphatic hydroxyl groups excluding tert-OH is 4. The summed E-state index contributed by atoms with van der Waals surface area (Å²) < 4.78 is 47.7. The fourth-order valence-corrected chi connectivity index (χ4v) is 8.25. The van der Waals surface area contributed by atoms with E-state index in [0.717, 1.165) is 64.2 Å². The average molecular weight is 993 g/mol. The molecule has 0 heterocycles. The Balaban J connectivity index is 2.58. The first kappa shape index (κ1) is 62.4. The van der Waals surface area contributed by atoms with Crippen LogP contribution in [0.4, 0.5) is 0 Å². The van der Waals surface area contributed by atoms with Crippen LogP contribution in [0.25, 0.3) is 0 Å². The van der Waals surface area contributed by atoms with Crippen molar-refractivity contribution in [3.05, 3.63) is 60.8 Å². The first-order valence-electron chi connectivity index (χ1n) is 24.2. The number of esters is 2. The van der Waals surface area contributed by atoms with Crippen molar-refractivity contribution >= 4 is 33.4 Å². The first-order chi connectivity index (χ1) is 32.0. The zero-order chi connectivity index (χ0) is 49.8. The molecule has 67 heavy (non-hydrogen) atoms. The minimum atomic E-state index is -4.93. The number of ketones is 1. The molecule has 0 amide bonds. The van der Waals surface area contributed by atoms with Gasteiger partial charge in [-0.05, 0) is 70.6 Å². The topological polar surface area (TPSA) is 273 Å². The van der Waals surface area contributed by atoms with Gasteiger partial charge in [-0.3, -0.25) is 28.0 Å². The van der Waals surface area contributed by atoms with Gasteiger partial charge < -0.3 is 44.6 Å². The number of Topliss-reactive ketones (excluding diaryl/α,β-unsaturated/α-hetero) is 1. The Morgan fingerprint density at radius 1 is 0.627 bits per heavy atom. The van der Waals surface area contributed by atoms with Crippen LogP contribution < -0.4 is 0 Å². The summed E-state index contributed by atoms with van der Waals surface area (Å²) in [4.78, 5) is 66.0. The molecule has 0 aromatic heterocycles. The average Bonchev–Trinajstić information content (AvgIpc) is 3.54. The summed E-state index contributed by atoms with van der Waals surface area (Å²) >= 11 is 0. The first-order valence-corrected chi connectivity index (χ1v) is 27.2. The van der Waals surface area contributed by atoms with Crippen LogP contribution in [0.15, 0.2) is 60.8 Å². The van der Waals surface area contributed by atoms with E-state index in [2.05, 4.69) is 71.5 Å². The predicted molar refractivity (Wildman–Crippen MR) is 255 cm³/mol. The Bertz CT molecular complexity index is 1590. The van der Waals surface area contributed by atoms with Gasteiger partial charge in [0.05, 0.1) is 38.1 Å². The second-order valence-electron chi connectivity index (χ2n) is 17.0. The molecule has 1 saturated carbocycles. The molecule has 0 spiro atoms. The zero-order valence-electron chi connectivity index (χ0n) is 39.8. The van der Waals surface area contributed by atoms with E-state index in [0.29, 0.717) is 19.3 Å². The van der Waals surface area contributed by atoms with Crippen molar-refractivity contribution in [2.45, 2.75) is 186 Å². The molecule has 0 bridgehead atoms. The van der Waals surface area contributed by atoms with Crippen LogP contribution in [-0.4, -0.2) is 110 Å². The lowest BCUT2D eigenvalue weighted by molar-refractivity contribution is -0.161. The van der Waals surface area contributed by atoms with Crippen molar-refractivity contribution in [2.75, 3.05) is 26.4 Å². The van der Waals surface area contributed by atoms with Crippen LogP contribution >= 0.6 is 15.6 Å². The predicted octanol–water partition coefficient (Wildman–Crippen LogP) is 8.35. The summed E-state index contributed by atoms with van der Waals surface area (Å²) in [5.74, 6) is -2.54. The molecule has 1 unspecified atom stereocenters. The number of phosphoric ester groups is 2. The van der Waals surface area contributed by atoms with Gasteiger partial charge in [0, 0.05) is 43.9 Å². The number of carbonyl (C=O) groups is 3. The number of allylic oxidation sites excluding steroid dienone is 8. The van der Waals surface area contributed by atoms with Crippen LogP contribution in [-0.2, 0) is 46.6 Å². The molecule has 1 rings (SSSR count). The molecule has 0 saturated heterocycles. The summed E-state index contributed by atoms with van der Waals surface area (Å²) in [5, 5.41) is 41.2. The monoisotopic (exact) mass is 993 g/mol. The van der Waals surface area contributed by atoms with Crippen LogP contribution in [0.1, 0.15) is 155 Å². The normalized spacial score (nSPS) is 20.4. The number of hydrogen-bond acceptors (Lipinski definition) is 14. The van der Waals surface area contributed by atoms with E-state index in [1.807, 2.05) is 0 Å². The van der Waals surface area contributed by atoms with E-state index in [1.165, 1.54) is 19.3 Å². The maximum atomic E-state index is 12.9. The summed E-state index contributed by atoms with van der Waals surface area (Å²) in [7, 11) is -9.85. The van der Waals surface area contributed by atoms with Crippen molar-refractivity contribution in [1.29, 1.82) is 0 Å². The number of hydrogen-bond donors (Lipinski definition) is 7. The van der Waals surface area contributed by atoms with Crippen molar-refractivity contribution in [3.63, 3.8) is 0 Å². The van der Waals surface area contributed by atoms with E-state index in [-0.39, 0.29) is 44.3 Å². The Labute approximate surface area is 398 Å². The number of aliphatic hydroxyl groups is 4. The molecule has 19 heteroatoms. The highest BCUT2D eigenvalue weighted by atomic mass is 31.2. The molecule has 0 radical (unpaired) electrons. The lowest BCUT2D eigenvalue weighted by Crippen LogP contribution is -2.30. The van der Waals surface area contributed by atoms with Gasteiger partial charge in [0.2, 0.25) is 0 Å². The number of phosphoric acid groups is 2. The van der Waals surface area contributed by atoms with Crippen LogP contribution in [0.3, 0.4) is 0 Å². The number of unbranched alkanes of at least 4 members (excludes halogenated alkanes) is 9. The highest BCUT2D eigenvalue weighted by Crippen LogP contribution is 2.44. The number of rotatable bonds is 41. The van der Waals surface area contributed by atoms with E-state index in [9.17, 15) is 48.8 Å². The summed E-state index contributed by atoms with van der Waals surface area (Å²) in [5.41, 5.74) is 0.